The summed E-state index contributed by atoms with van der Waals surface area (Å²) in [6.45, 7) is 0. The first-order chi connectivity index (χ1) is 16.3. The highest BCUT2D eigenvalue weighted by molar-refractivity contribution is 9.10. The summed E-state index contributed by atoms with van der Waals surface area (Å²) < 4.78 is 1.08. The van der Waals surface area contributed by atoms with Crippen molar-refractivity contribution in [3.8, 4) is 11.1 Å². The lowest BCUT2D eigenvalue weighted by Gasteiger charge is -2.43. The van der Waals surface area contributed by atoms with E-state index in [1.165, 1.54) is 33.4 Å². The van der Waals surface area contributed by atoms with Crippen LogP contribution in [0.4, 0.5) is 11.4 Å². The number of anilines is 2. The molecule has 1 N–H and O–H groups in total. The Bertz CT molecular complexity index is 1380. The Morgan fingerprint density at radius 2 is 1.09 bits per heavy atom. The van der Waals surface area contributed by atoms with E-state index in [0.29, 0.717) is 0 Å². The third kappa shape index (κ3) is 3.13. The third-order valence-corrected chi connectivity index (χ3v) is 7.14. The van der Waals surface area contributed by atoms with Gasteiger partial charge in [-0.3, -0.25) is 0 Å². The minimum Gasteiger partial charge on any atom is -0.355 e. The van der Waals surface area contributed by atoms with Gasteiger partial charge in [0.05, 0.1) is 5.41 Å². The van der Waals surface area contributed by atoms with Crippen molar-refractivity contribution in [1.82, 2.24) is 0 Å². The zero-order valence-electron chi connectivity index (χ0n) is 18.0. The van der Waals surface area contributed by atoms with Crippen LogP contribution in [0.3, 0.4) is 0 Å². The van der Waals surface area contributed by atoms with Crippen molar-refractivity contribution in [3.05, 3.63) is 154 Å². The van der Waals surface area contributed by atoms with E-state index < -0.39 is 5.41 Å². The summed E-state index contributed by atoms with van der Waals surface area (Å²) in [5.74, 6) is 0. The Kier molecular flexibility index (Phi) is 4.89. The molecule has 6 rings (SSSR count). The molecule has 2 heteroatoms. The second-order valence-electron chi connectivity index (χ2n) is 8.39. The lowest BCUT2D eigenvalue weighted by molar-refractivity contribution is 0.742. The lowest BCUT2D eigenvalue weighted by atomic mass is 9.61. The van der Waals surface area contributed by atoms with Gasteiger partial charge in [-0.2, -0.15) is 0 Å². The van der Waals surface area contributed by atoms with Crippen LogP contribution in [0.15, 0.2) is 132 Å². The molecule has 0 spiro atoms. The molecule has 0 unspecified atom stereocenters. The molecule has 33 heavy (non-hydrogen) atoms. The van der Waals surface area contributed by atoms with Crippen molar-refractivity contribution < 1.29 is 0 Å². The molecule has 0 amide bonds. The van der Waals surface area contributed by atoms with Crippen LogP contribution in [0.2, 0.25) is 0 Å². The van der Waals surface area contributed by atoms with Crippen molar-refractivity contribution in [2.75, 3.05) is 5.32 Å². The number of nitrogens with one attached hydrogen (secondary N) is 1. The van der Waals surface area contributed by atoms with Crippen molar-refractivity contribution in [2.45, 2.75) is 5.41 Å². The summed E-state index contributed by atoms with van der Waals surface area (Å²) in [5, 5.41) is 3.75. The Labute approximate surface area is 202 Å². The van der Waals surface area contributed by atoms with Gasteiger partial charge < -0.3 is 5.32 Å². The van der Waals surface area contributed by atoms with E-state index in [9.17, 15) is 0 Å². The van der Waals surface area contributed by atoms with Crippen molar-refractivity contribution in [2.24, 2.45) is 0 Å². The van der Waals surface area contributed by atoms with Gasteiger partial charge in [-0.15, -0.1) is 0 Å². The molecule has 1 nitrogen and oxygen atoms in total. The zero-order valence-corrected chi connectivity index (χ0v) is 19.6. The maximum absolute atomic E-state index is 3.75. The Balaban J connectivity index is 1.80. The van der Waals surface area contributed by atoms with Crippen molar-refractivity contribution in [1.29, 1.82) is 0 Å². The summed E-state index contributed by atoms with van der Waals surface area (Å²) in [6, 6.07) is 45.7. The molecular weight excluding hydrogens is 466 g/mol. The number of fused-ring (bicyclic) bond motifs is 2. The lowest BCUT2D eigenvalue weighted by Crippen LogP contribution is -2.35. The predicted molar refractivity (Wildman–Crippen MR) is 141 cm³/mol. The fourth-order valence-electron chi connectivity index (χ4n) is 5.27. The highest BCUT2D eigenvalue weighted by atomic mass is 79.9. The molecule has 0 aliphatic carbocycles. The van der Waals surface area contributed by atoms with Gasteiger partial charge in [0, 0.05) is 21.4 Å². The smallest absolute Gasteiger partial charge is 0.0748 e. The minimum absolute atomic E-state index is 0.455. The molecule has 0 bridgehead atoms. The SMILES string of the molecule is Brc1ccc(-c2cccc3c2C(c2ccccc2)(c2ccccc2)c2ccccc2N3)cc1. The molecule has 158 valence electrons. The quantitative estimate of drug-likeness (QED) is 0.263. The fourth-order valence-corrected chi connectivity index (χ4v) is 5.54. The van der Waals surface area contributed by atoms with Gasteiger partial charge in [0.25, 0.3) is 0 Å². The van der Waals surface area contributed by atoms with Crippen LogP contribution >= 0.6 is 15.9 Å². The fraction of sp³-hybridized carbons (Fsp3) is 0.0323. The second-order valence-corrected chi connectivity index (χ2v) is 9.30. The van der Waals surface area contributed by atoms with Gasteiger partial charge in [0.2, 0.25) is 0 Å². The summed E-state index contributed by atoms with van der Waals surface area (Å²) >= 11 is 3.60. The normalized spacial score (nSPS) is 13.5. The molecule has 0 aromatic heterocycles. The zero-order chi connectivity index (χ0) is 22.3. The highest BCUT2D eigenvalue weighted by Crippen LogP contribution is 2.56. The maximum atomic E-state index is 3.75. The average Bonchev–Trinajstić information content (AvgIpc) is 2.88. The first kappa shape index (κ1) is 20.0. The van der Waals surface area contributed by atoms with Gasteiger partial charge in [-0.25, -0.2) is 0 Å². The number of benzene rings is 5. The van der Waals surface area contributed by atoms with Crippen LogP contribution in [0.25, 0.3) is 11.1 Å². The molecule has 5 aromatic carbocycles. The molecule has 0 saturated carbocycles. The van der Waals surface area contributed by atoms with E-state index in [1.807, 2.05) is 0 Å². The van der Waals surface area contributed by atoms with Gasteiger partial charge in [0.1, 0.15) is 0 Å². The summed E-state index contributed by atoms with van der Waals surface area (Å²) in [5.41, 5.74) is 9.33. The third-order valence-electron chi connectivity index (χ3n) is 6.61. The Morgan fingerprint density at radius 1 is 0.515 bits per heavy atom. The molecule has 0 fully saturated rings. The first-order valence-corrected chi connectivity index (χ1v) is 11.9. The van der Waals surface area contributed by atoms with Gasteiger partial charge in [0.15, 0.2) is 0 Å². The van der Waals surface area contributed by atoms with Crippen LogP contribution in [0.5, 0.6) is 0 Å². The number of para-hydroxylation sites is 1. The first-order valence-electron chi connectivity index (χ1n) is 11.2. The van der Waals surface area contributed by atoms with E-state index >= 15 is 0 Å². The predicted octanol–water partition coefficient (Wildman–Crippen LogP) is 8.56. The summed E-state index contributed by atoms with van der Waals surface area (Å²) in [4.78, 5) is 0. The largest absolute Gasteiger partial charge is 0.355 e. The van der Waals surface area contributed by atoms with E-state index in [2.05, 4.69) is 149 Å². The monoisotopic (exact) mass is 487 g/mol. The summed E-state index contributed by atoms with van der Waals surface area (Å²) in [7, 11) is 0. The van der Waals surface area contributed by atoms with Gasteiger partial charge in [-0.1, -0.05) is 119 Å². The molecule has 1 heterocycles. The van der Waals surface area contributed by atoms with Crippen LogP contribution in [0, 0.1) is 0 Å². The molecule has 1 aliphatic rings. The summed E-state index contributed by atoms with van der Waals surface area (Å²) in [6.07, 6.45) is 0. The van der Waals surface area contributed by atoms with Gasteiger partial charge in [-0.05, 0) is 52.1 Å². The van der Waals surface area contributed by atoms with E-state index in [1.54, 1.807) is 0 Å². The number of hydrogen-bond acceptors (Lipinski definition) is 1. The van der Waals surface area contributed by atoms with Crippen LogP contribution in [0.1, 0.15) is 22.3 Å². The molecular formula is C31H22BrN. The average molecular weight is 488 g/mol. The molecule has 1 aliphatic heterocycles. The number of hydrogen-bond donors (Lipinski definition) is 1. The Hall–Kier alpha value is -3.62. The molecule has 0 atom stereocenters. The second kappa shape index (κ2) is 8.06. The topological polar surface area (TPSA) is 12.0 Å². The van der Waals surface area contributed by atoms with E-state index in [-0.39, 0.29) is 0 Å². The van der Waals surface area contributed by atoms with Gasteiger partial charge >= 0.3 is 0 Å². The van der Waals surface area contributed by atoms with Crippen LogP contribution < -0.4 is 5.32 Å². The molecule has 0 saturated heterocycles. The minimum atomic E-state index is -0.455. The standard InChI is InChI=1S/C31H22BrN/c32-25-20-18-22(19-21-25)26-14-9-17-29-30(26)31(23-10-3-1-4-11-23,24-12-5-2-6-13-24)27-15-7-8-16-28(27)33-29/h1-21,33H. The number of halogens is 1. The van der Waals surface area contributed by atoms with E-state index in [4.69, 9.17) is 0 Å². The molecule has 0 radical (unpaired) electrons. The Morgan fingerprint density at radius 3 is 1.76 bits per heavy atom. The molecule has 5 aromatic rings. The highest BCUT2D eigenvalue weighted by Gasteiger charge is 2.45. The number of rotatable bonds is 3. The van der Waals surface area contributed by atoms with Crippen LogP contribution in [-0.4, -0.2) is 0 Å². The van der Waals surface area contributed by atoms with Crippen LogP contribution in [-0.2, 0) is 5.41 Å². The van der Waals surface area contributed by atoms with Crippen molar-refractivity contribution >= 4 is 27.3 Å². The van der Waals surface area contributed by atoms with E-state index in [0.717, 1.165) is 15.8 Å². The van der Waals surface area contributed by atoms with Crippen molar-refractivity contribution in [3.63, 3.8) is 0 Å². The maximum Gasteiger partial charge on any atom is 0.0748 e.